The van der Waals surface area contributed by atoms with Crippen molar-refractivity contribution in [2.24, 2.45) is 21.7 Å². The van der Waals surface area contributed by atoms with Crippen molar-refractivity contribution in [3.8, 4) is 0 Å². The van der Waals surface area contributed by atoms with Crippen molar-refractivity contribution in [3.63, 3.8) is 0 Å². The second-order valence-corrected chi connectivity index (χ2v) is 3.20. The third kappa shape index (κ3) is 9.99. The summed E-state index contributed by atoms with van der Waals surface area (Å²) in [5, 5.41) is 7.63. The fraction of sp³-hybridized carbons (Fsp3) is 0.333. The third-order valence-corrected chi connectivity index (χ3v) is 1.31. The van der Waals surface area contributed by atoms with Gasteiger partial charge in [-0.1, -0.05) is 0 Å². The van der Waals surface area contributed by atoms with E-state index in [-0.39, 0.29) is 30.6 Å². The molecule has 4 N–H and O–H groups in total. The van der Waals surface area contributed by atoms with Gasteiger partial charge in [0.05, 0.1) is 0 Å². The summed E-state index contributed by atoms with van der Waals surface area (Å²) in [7, 11) is 0. The Bertz CT molecular complexity index is 270. The first-order chi connectivity index (χ1) is 6.43. The smallest absolute Gasteiger partial charge is 0.183 e. The molecule has 0 aromatic rings. The minimum atomic E-state index is 0. The van der Waals surface area contributed by atoms with Crippen LogP contribution in [0, 0.1) is 0 Å². The van der Waals surface area contributed by atoms with Crippen molar-refractivity contribution in [1.82, 2.24) is 0 Å². The quantitative estimate of drug-likeness (QED) is 0.174. The van der Waals surface area contributed by atoms with Crippen LogP contribution in [0.3, 0.4) is 0 Å². The van der Waals surface area contributed by atoms with E-state index in [1.807, 2.05) is 0 Å². The van der Waals surface area contributed by atoms with Crippen LogP contribution in [-0.4, -0.2) is 21.6 Å². The van der Waals surface area contributed by atoms with Crippen LogP contribution in [-0.2, 0) is 44.9 Å². The van der Waals surface area contributed by atoms with Gasteiger partial charge in [-0.15, -0.1) is 0 Å². The SMILES string of the molecule is CC(=N[N-]C(N)=[SH+])C(C)=N[N-]C(N)=[SH+].[Pd]. The van der Waals surface area contributed by atoms with Gasteiger partial charge in [0.25, 0.3) is 0 Å². The van der Waals surface area contributed by atoms with Gasteiger partial charge >= 0.3 is 0 Å². The van der Waals surface area contributed by atoms with Gasteiger partial charge < -0.3 is 21.1 Å². The van der Waals surface area contributed by atoms with E-state index >= 15 is 0 Å². The number of nitrogens with two attached hydrogens (primary N) is 2. The van der Waals surface area contributed by atoms with Crippen molar-refractivity contribution in [1.29, 1.82) is 0 Å². The summed E-state index contributed by atoms with van der Waals surface area (Å²) in [6, 6.07) is 0. The van der Waals surface area contributed by atoms with Crippen molar-refractivity contribution >= 4 is 46.1 Å². The largest absolute Gasteiger partial charge is 0.515 e. The van der Waals surface area contributed by atoms with Crippen LogP contribution >= 0.6 is 0 Å². The number of rotatable bonds is 3. The molecule has 6 nitrogen and oxygen atoms in total. The third-order valence-electron chi connectivity index (χ3n) is 1.13. The van der Waals surface area contributed by atoms with Gasteiger partial charge in [0, 0.05) is 31.8 Å². The maximum Gasteiger partial charge on any atom is 0.183 e. The molecule has 0 aromatic heterocycles. The van der Waals surface area contributed by atoms with Gasteiger partial charge in [0.1, 0.15) is 0 Å². The van der Waals surface area contributed by atoms with Gasteiger partial charge in [0.2, 0.25) is 0 Å². The molecule has 0 bridgehead atoms. The first-order valence-electron chi connectivity index (χ1n) is 3.57. The second kappa shape index (κ2) is 8.97. The Morgan fingerprint density at radius 2 is 1.20 bits per heavy atom. The fourth-order valence-corrected chi connectivity index (χ4v) is 0.487. The molecule has 0 atom stereocenters. The number of thiol groups is 2. The van der Waals surface area contributed by atoms with Gasteiger partial charge in [-0.3, -0.25) is 11.5 Å². The van der Waals surface area contributed by atoms with E-state index < -0.39 is 0 Å². The summed E-state index contributed by atoms with van der Waals surface area (Å²) in [6.45, 7) is 3.42. The summed E-state index contributed by atoms with van der Waals surface area (Å²) >= 11 is 7.49. The van der Waals surface area contributed by atoms with Crippen LogP contribution < -0.4 is 11.5 Å². The molecule has 9 heteroatoms. The van der Waals surface area contributed by atoms with Gasteiger partial charge in [-0.2, -0.15) is 0 Å². The van der Waals surface area contributed by atoms with E-state index in [2.05, 4.69) is 45.5 Å². The molecule has 0 spiro atoms. The number of nitrogens with zero attached hydrogens (tertiary/aromatic N) is 4. The van der Waals surface area contributed by atoms with Crippen LogP contribution in [0.1, 0.15) is 13.8 Å². The molecule has 0 saturated heterocycles. The van der Waals surface area contributed by atoms with Crippen LogP contribution in [0.5, 0.6) is 0 Å². The molecule has 0 fully saturated rings. The van der Waals surface area contributed by atoms with Crippen molar-refractivity contribution in [2.45, 2.75) is 13.8 Å². The molecule has 15 heavy (non-hydrogen) atoms. The molecule has 0 aromatic carbocycles. The second-order valence-electron chi connectivity index (χ2n) is 2.29. The van der Waals surface area contributed by atoms with Gasteiger partial charge in [-0.05, 0) is 13.8 Å². The molecule has 0 heterocycles. The molecular formula is C6H12N6PdS2. The van der Waals surface area contributed by atoms with E-state index in [9.17, 15) is 0 Å². The summed E-state index contributed by atoms with van der Waals surface area (Å²) in [5.41, 5.74) is 18.6. The Labute approximate surface area is 113 Å². The van der Waals surface area contributed by atoms with Crippen molar-refractivity contribution < 1.29 is 20.4 Å². The van der Waals surface area contributed by atoms with Crippen LogP contribution in [0.2, 0.25) is 0 Å². The summed E-state index contributed by atoms with van der Waals surface area (Å²) < 4.78 is 0. The molecule has 0 unspecified atom stereocenters. The number of hydrogen-bond donors (Lipinski definition) is 2. The standard InChI is InChI=1S/C6H12N6S2.Pd/c1-3(9-11-5(7)13)4(2)10-12-6(8)14;/h1-2H3,(H6,7,8,9,10,11,12,13,14);. The molecule has 0 aliphatic carbocycles. The van der Waals surface area contributed by atoms with E-state index in [1.54, 1.807) is 13.8 Å². The molecule has 88 valence electrons. The average Bonchev–Trinajstić information content (AvgIpc) is 2.09. The first kappa shape index (κ1) is 17.1. The minimum Gasteiger partial charge on any atom is -0.515 e. The van der Waals surface area contributed by atoms with Gasteiger partial charge in [0.15, 0.2) is 34.7 Å². The monoisotopic (exact) mass is 338 g/mol. The van der Waals surface area contributed by atoms with Crippen molar-refractivity contribution in [3.05, 3.63) is 10.9 Å². The van der Waals surface area contributed by atoms with Crippen LogP contribution in [0.25, 0.3) is 10.9 Å². The Morgan fingerprint density at radius 1 is 0.933 bits per heavy atom. The first-order valence-corrected chi connectivity index (χ1v) is 4.46. The molecule has 0 saturated carbocycles. The molecule has 0 rings (SSSR count). The summed E-state index contributed by atoms with van der Waals surface area (Å²) in [6.07, 6.45) is 0. The number of hydrogen-bond acceptors (Lipinski definition) is 2. The predicted molar refractivity (Wildman–Crippen MR) is 68.8 cm³/mol. The Hall–Kier alpha value is -0.298. The van der Waals surface area contributed by atoms with E-state index in [0.717, 1.165) is 0 Å². The van der Waals surface area contributed by atoms with Crippen LogP contribution in [0.15, 0.2) is 10.2 Å². The van der Waals surface area contributed by atoms with Crippen molar-refractivity contribution in [2.75, 3.05) is 0 Å². The maximum atomic E-state index is 5.17. The van der Waals surface area contributed by atoms with E-state index in [1.165, 1.54) is 0 Å². The normalized spacial score (nSPS) is 11.5. The zero-order valence-corrected chi connectivity index (χ0v) is 11.5. The van der Waals surface area contributed by atoms with E-state index in [0.29, 0.717) is 11.4 Å². The zero-order valence-electron chi connectivity index (χ0n) is 8.15. The molecular weight excluding hydrogens is 327 g/mol. The van der Waals surface area contributed by atoms with Crippen LogP contribution in [0.4, 0.5) is 0 Å². The Kier molecular flexibility index (Phi) is 10.2. The molecule has 0 radical (unpaired) electrons. The Balaban J connectivity index is 0. The summed E-state index contributed by atoms with van der Waals surface area (Å²) in [5.74, 6) is 0. The minimum absolute atomic E-state index is 0. The molecule has 0 amide bonds. The van der Waals surface area contributed by atoms with Gasteiger partial charge in [-0.25, -0.2) is 0 Å². The zero-order chi connectivity index (χ0) is 11.1. The summed E-state index contributed by atoms with van der Waals surface area (Å²) in [4.78, 5) is 0. The fourth-order valence-electron chi connectivity index (χ4n) is 0.397. The average molecular weight is 339 g/mol. The maximum absolute atomic E-state index is 5.17. The van der Waals surface area contributed by atoms with E-state index in [4.69, 9.17) is 11.5 Å². The predicted octanol–water partition coefficient (Wildman–Crippen LogP) is -0.866. The molecule has 0 aliphatic heterocycles. The molecule has 0 aliphatic rings. The Morgan fingerprint density at radius 3 is 1.40 bits per heavy atom. The topological polar surface area (TPSA) is 105 Å².